The van der Waals surface area contributed by atoms with Crippen molar-refractivity contribution in [3.05, 3.63) is 40.3 Å². The third kappa shape index (κ3) is 1.32. The van der Waals surface area contributed by atoms with Crippen LogP contribution in [0.4, 0.5) is 0 Å². The van der Waals surface area contributed by atoms with Gasteiger partial charge in [-0.05, 0) is 18.2 Å². The van der Waals surface area contributed by atoms with Crippen molar-refractivity contribution in [1.82, 2.24) is 9.71 Å². The Balaban J connectivity index is 2.95. The Labute approximate surface area is 83.5 Å². The van der Waals surface area contributed by atoms with E-state index in [-0.39, 0.29) is 11.1 Å². The highest BCUT2D eigenvalue weighted by Gasteiger charge is 2.12. The van der Waals surface area contributed by atoms with E-state index < -0.39 is 11.5 Å². The Morgan fingerprint density at radius 3 is 2.93 bits per heavy atom. The van der Waals surface area contributed by atoms with E-state index in [1.54, 1.807) is 6.07 Å². The van der Waals surface area contributed by atoms with Crippen molar-refractivity contribution in [3.8, 4) is 0 Å². The van der Waals surface area contributed by atoms with Gasteiger partial charge in [-0.1, -0.05) is 0 Å². The van der Waals surface area contributed by atoms with Crippen LogP contribution < -0.4 is 11.3 Å². The Morgan fingerprint density at radius 2 is 2.27 bits per heavy atom. The zero-order chi connectivity index (χ0) is 11.0. The first-order valence-corrected chi connectivity index (χ1v) is 4.11. The van der Waals surface area contributed by atoms with Crippen LogP contribution in [0.5, 0.6) is 0 Å². The quantitative estimate of drug-likeness (QED) is 0.626. The molecule has 0 spiro atoms. The van der Waals surface area contributed by atoms with Crippen LogP contribution in [-0.4, -0.2) is 20.8 Å². The predicted molar refractivity (Wildman–Crippen MR) is 51.7 cm³/mol. The third-order valence-corrected chi connectivity index (χ3v) is 2.01. The summed E-state index contributed by atoms with van der Waals surface area (Å²) in [6.45, 7) is 0. The minimum atomic E-state index is -0.893. The standard InChI is InChI=1S/C9H7N3O3/c10-8(13)5-4-6-7(2-1-3-11-6)12(15)9(5)14/h1-4,15H,(H2,10,13). The number of carbonyl (C=O) groups is 1. The zero-order valence-electron chi connectivity index (χ0n) is 7.54. The molecule has 76 valence electrons. The highest BCUT2D eigenvalue weighted by molar-refractivity contribution is 5.95. The summed E-state index contributed by atoms with van der Waals surface area (Å²) in [7, 11) is 0. The minimum Gasteiger partial charge on any atom is -0.425 e. The molecule has 3 N–H and O–H groups in total. The summed E-state index contributed by atoms with van der Waals surface area (Å²) in [5, 5.41) is 9.44. The first kappa shape index (κ1) is 9.20. The van der Waals surface area contributed by atoms with E-state index in [4.69, 9.17) is 5.73 Å². The number of rotatable bonds is 1. The van der Waals surface area contributed by atoms with E-state index in [2.05, 4.69) is 4.98 Å². The Bertz CT molecular complexity index is 603. The number of pyridine rings is 2. The number of fused-ring (bicyclic) bond motifs is 1. The van der Waals surface area contributed by atoms with Crippen molar-refractivity contribution < 1.29 is 10.0 Å². The second-order valence-corrected chi connectivity index (χ2v) is 2.95. The molecule has 0 bridgehead atoms. The normalized spacial score (nSPS) is 10.4. The molecule has 0 aliphatic carbocycles. The average Bonchev–Trinajstić information content (AvgIpc) is 2.23. The number of carbonyl (C=O) groups excluding carboxylic acids is 1. The van der Waals surface area contributed by atoms with Gasteiger partial charge in [-0.2, -0.15) is 0 Å². The van der Waals surface area contributed by atoms with Crippen molar-refractivity contribution in [1.29, 1.82) is 0 Å². The summed E-state index contributed by atoms with van der Waals surface area (Å²) in [5.41, 5.74) is 4.41. The van der Waals surface area contributed by atoms with Crippen molar-refractivity contribution in [2.24, 2.45) is 5.73 Å². The monoisotopic (exact) mass is 205 g/mol. The van der Waals surface area contributed by atoms with Crippen LogP contribution in [0.25, 0.3) is 11.0 Å². The molecule has 0 aliphatic rings. The summed E-state index contributed by atoms with van der Waals surface area (Å²) < 4.78 is 0.364. The van der Waals surface area contributed by atoms with Crippen LogP contribution in [0.3, 0.4) is 0 Å². The average molecular weight is 205 g/mol. The van der Waals surface area contributed by atoms with Crippen LogP contribution >= 0.6 is 0 Å². The maximum Gasteiger partial charge on any atom is 0.296 e. The maximum absolute atomic E-state index is 11.4. The van der Waals surface area contributed by atoms with Gasteiger partial charge in [-0.3, -0.25) is 14.6 Å². The van der Waals surface area contributed by atoms with Crippen molar-refractivity contribution in [2.45, 2.75) is 0 Å². The van der Waals surface area contributed by atoms with Crippen LogP contribution in [0.2, 0.25) is 0 Å². The molecule has 2 aromatic rings. The van der Waals surface area contributed by atoms with E-state index in [1.165, 1.54) is 18.3 Å². The molecule has 0 fully saturated rings. The number of aromatic nitrogens is 2. The lowest BCUT2D eigenvalue weighted by molar-refractivity contribution is 0.0993. The summed E-state index contributed by atoms with van der Waals surface area (Å²) in [6.07, 6.45) is 1.48. The number of hydrogen-bond acceptors (Lipinski definition) is 4. The molecule has 0 saturated carbocycles. The molecule has 0 atom stereocenters. The van der Waals surface area contributed by atoms with E-state index in [9.17, 15) is 14.8 Å². The largest absolute Gasteiger partial charge is 0.425 e. The summed E-state index contributed by atoms with van der Waals surface area (Å²) in [5.74, 6) is -0.893. The summed E-state index contributed by atoms with van der Waals surface area (Å²) >= 11 is 0. The lowest BCUT2D eigenvalue weighted by atomic mass is 10.2. The molecular weight excluding hydrogens is 198 g/mol. The molecule has 0 saturated heterocycles. The number of amides is 1. The van der Waals surface area contributed by atoms with Crippen molar-refractivity contribution >= 4 is 16.9 Å². The van der Waals surface area contributed by atoms with Gasteiger partial charge in [0.25, 0.3) is 11.5 Å². The molecule has 0 unspecified atom stereocenters. The molecule has 0 aliphatic heterocycles. The van der Waals surface area contributed by atoms with Gasteiger partial charge in [0.05, 0.1) is 5.52 Å². The number of nitrogens with zero attached hydrogens (tertiary/aromatic N) is 2. The van der Waals surface area contributed by atoms with Crippen LogP contribution in [0.1, 0.15) is 10.4 Å². The fourth-order valence-corrected chi connectivity index (χ4v) is 1.30. The van der Waals surface area contributed by atoms with Crippen LogP contribution in [-0.2, 0) is 0 Å². The molecule has 2 rings (SSSR count). The lowest BCUT2D eigenvalue weighted by Crippen LogP contribution is -2.28. The van der Waals surface area contributed by atoms with Gasteiger partial charge in [0, 0.05) is 6.20 Å². The second-order valence-electron chi connectivity index (χ2n) is 2.95. The molecule has 0 radical (unpaired) electrons. The van der Waals surface area contributed by atoms with Gasteiger partial charge >= 0.3 is 0 Å². The van der Waals surface area contributed by atoms with Gasteiger partial charge in [0.2, 0.25) is 0 Å². The first-order chi connectivity index (χ1) is 7.11. The minimum absolute atomic E-state index is 0.229. The molecule has 15 heavy (non-hydrogen) atoms. The summed E-state index contributed by atoms with van der Waals surface area (Å²) in [4.78, 5) is 26.2. The molecule has 0 aromatic carbocycles. The molecule has 2 heterocycles. The predicted octanol–water partition coefficient (Wildman–Crippen LogP) is -0.267. The van der Waals surface area contributed by atoms with E-state index in [0.717, 1.165) is 0 Å². The Morgan fingerprint density at radius 1 is 1.53 bits per heavy atom. The van der Waals surface area contributed by atoms with E-state index in [0.29, 0.717) is 10.2 Å². The highest BCUT2D eigenvalue weighted by atomic mass is 16.5. The first-order valence-electron chi connectivity index (χ1n) is 4.11. The third-order valence-electron chi connectivity index (χ3n) is 2.01. The smallest absolute Gasteiger partial charge is 0.296 e. The molecular formula is C9H7N3O3. The van der Waals surface area contributed by atoms with E-state index in [1.807, 2.05) is 0 Å². The van der Waals surface area contributed by atoms with Crippen LogP contribution in [0.15, 0.2) is 29.2 Å². The molecule has 6 heteroatoms. The molecule has 6 nitrogen and oxygen atoms in total. The number of nitrogens with two attached hydrogens (primary N) is 1. The SMILES string of the molecule is NC(=O)c1cc2ncccc2n(O)c1=O. The number of primary amides is 1. The Hall–Kier alpha value is -2.37. The lowest BCUT2D eigenvalue weighted by Gasteiger charge is -2.03. The summed E-state index contributed by atoms with van der Waals surface area (Å²) in [6, 6.07) is 4.33. The number of hydrogen-bond donors (Lipinski definition) is 2. The van der Waals surface area contributed by atoms with Gasteiger partial charge in [-0.25, -0.2) is 0 Å². The van der Waals surface area contributed by atoms with Crippen LogP contribution in [0, 0.1) is 0 Å². The van der Waals surface area contributed by atoms with Crippen molar-refractivity contribution in [3.63, 3.8) is 0 Å². The fourth-order valence-electron chi connectivity index (χ4n) is 1.30. The van der Waals surface area contributed by atoms with E-state index >= 15 is 0 Å². The second kappa shape index (κ2) is 3.09. The topological polar surface area (TPSA) is 98.2 Å². The van der Waals surface area contributed by atoms with Gasteiger partial charge in [0.15, 0.2) is 0 Å². The molecule has 1 amide bonds. The maximum atomic E-state index is 11.4. The fraction of sp³-hybridized carbons (Fsp3) is 0. The van der Waals surface area contributed by atoms with Crippen molar-refractivity contribution in [2.75, 3.05) is 0 Å². The molecule has 2 aromatic heterocycles. The van der Waals surface area contributed by atoms with Gasteiger partial charge in [0.1, 0.15) is 11.1 Å². The highest BCUT2D eigenvalue weighted by Crippen LogP contribution is 2.08. The zero-order valence-corrected chi connectivity index (χ0v) is 7.54. The van der Waals surface area contributed by atoms with Gasteiger partial charge < -0.3 is 10.9 Å². The Kier molecular flexibility index (Phi) is 1.89. The van der Waals surface area contributed by atoms with Gasteiger partial charge in [-0.15, -0.1) is 4.73 Å².